The molecule has 27 heavy (non-hydrogen) atoms. The number of guanidine groups is 1. The van der Waals surface area contributed by atoms with Crippen LogP contribution < -0.4 is 11.5 Å². The van der Waals surface area contributed by atoms with Crippen molar-refractivity contribution in [2.24, 2.45) is 21.7 Å². The zero-order valence-corrected chi connectivity index (χ0v) is 16.3. The molecule has 1 saturated heterocycles. The molecule has 4 N–H and O–H groups in total. The van der Waals surface area contributed by atoms with Crippen molar-refractivity contribution in [2.75, 3.05) is 6.54 Å². The average Bonchev–Trinajstić information content (AvgIpc) is 2.66. The van der Waals surface area contributed by atoms with E-state index in [1.54, 1.807) is 0 Å². The van der Waals surface area contributed by atoms with E-state index in [0.29, 0.717) is 16.5 Å². The molecule has 0 bridgehead atoms. The number of halogens is 2. The van der Waals surface area contributed by atoms with E-state index in [1.807, 2.05) is 18.2 Å². The second-order valence-electron chi connectivity index (χ2n) is 6.95. The SMILES string of the molecule is NC(N)=NN=C1CC2c3ccccc3CCN2C(c2c(Cl)cccc2Cl)C1. The lowest BCUT2D eigenvalue weighted by Crippen LogP contribution is -2.44. The van der Waals surface area contributed by atoms with Crippen molar-refractivity contribution in [3.63, 3.8) is 0 Å². The predicted molar refractivity (Wildman–Crippen MR) is 111 cm³/mol. The number of piperidine rings is 1. The number of benzene rings is 2. The Hall–Kier alpha value is -2.08. The van der Waals surface area contributed by atoms with E-state index in [9.17, 15) is 0 Å². The molecule has 0 saturated carbocycles. The van der Waals surface area contributed by atoms with E-state index >= 15 is 0 Å². The summed E-state index contributed by atoms with van der Waals surface area (Å²) in [5.41, 5.74) is 15.6. The summed E-state index contributed by atoms with van der Waals surface area (Å²) in [4.78, 5) is 2.49. The number of fused-ring (bicyclic) bond motifs is 3. The first-order valence-corrected chi connectivity index (χ1v) is 9.72. The lowest BCUT2D eigenvalue weighted by molar-refractivity contribution is 0.114. The van der Waals surface area contributed by atoms with Crippen LogP contribution in [0.1, 0.15) is 41.6 Å². The number of nitrogens with two attached hydrogens (primary N) is 2. The second kappa shape index (κ2) is 7.50. The molecule has 2 aromatic carbocycles. The number of hydrogen-bond donors (Lipinski definition) is 2. The van der Waals surface area contributed by atoms with Gasteiger partial charge in [-0.25, -0.2) is 0 Å². The third-order valence-corrected chi connectivity index (χ3v) is 6.01. The first-order chi connectivity index (χ1) is 13.0. The van der Waals surface area contributed by atoms with Gasteiger partial charge in [-0.15, -0.1) is 5.10 Å². The first-order valence-electron chi connectivity index (χ1n) is 8.96. The van der Waals surface area contributed by atoms with Gasteiger partial charge in [-0.05, 0) is 29.7 Å². The zero-order valence-electron chi connectivity index (χ0n) is 14.8. The molecular formula is C20H21Cl2N5. The molecule has 0 amide bonds. The summed E-state index contributed by atoms with van der Waals surface area (Å²) in [6.07, 6.45) is 2.48. The van der Waals surface area contributed by atoms with Crippen molar-refractivity contribution in [1.82, 2.24) is 4.90 Å². The Morgan fingerprint density at radius 2 is 1.67 bits per heavy atom. The molecule has 7 heteroatoms. The van der Waals surface area contributed by atoms with Crippen LogP contribution in [-0.4, -0.2) is 23.1 Å². The first kappa shape index (κ1) is 18.3. The van der Waals surface area contributed by atoms with Gasteiger partial charge in [0.2, 0.25) is 5.96 Å². The van der Waals surface area contributed by atoms with Crippen LogP contribution in [0.25, 0.3) is 0 Å². The Kier molecular flexibility index (Phi) is 5.08. The van der Waals surface area contributed by atoms with Crippen molar-refractivity contribution < 1.29 is 0 Å². The van der Waals surface area contributed by atoms with Gasteiger partial charge in [-0.3, -0.25) is 4.90 Å². The molecule has 2 heterocycles. The third kappa shape index (κ3) is 3.55. The smallest absolute Gasteiger partial charge is 0.211 e. The topological polar surface area (TPSA) is 80.0 Å². The third-order valence-electron chi connectivity index (χ3n) is 5.35. The van der Waals surface area contributed by atoms with E-state index in [4.69, 9.17) is 34.7 Å². The molecule has 0 aliphatic carbocycles. The summed E-state index contributed by atoms with van der Waals surface area (Å²) in [5.74, 6) is -0.0405. The second-order valence-corrected chi connectivity index (χ2v) is 7.77. The number of hydrogen-bond acceptors (Lipinski definition) is 3. The maximum absolute atomic E-state index is 6.55. The Balaban J connectivity index is 1.81. The predicted octanol–water partition coefficient (Wildman–Crippen LogP) is 4.06. The van der Waals surface area contributed by atoms with E-state index in [1.165, 1.54) is 11.1 Å². The van der Waals surface area contributed by atoms with Gasteiger partial charge in [-0.2, -0.15) is 5.10 Å². The fourth-order valence-corrected chi connectivity index (χ4v) is 4.87. The highest BCUT2D eigenvalue weighted by Gasteiger charge is 2.39. The fraction of sp³-hybridized carbons (Fsp3) is 0.300. The molecular weight excluding hydrogens is 381 g/mol. The van der Waals surface area contributed by atoms with Crippen LogP contribution in [0.15, 0.2) is 52.7 Å². The molecule has 2 aliphatic heterocycles. The average molecular weight is 402 g/mol. The van der Waals surface area contributed by atoms with E-state index in [-0.39, 0.29) is 18.0 Å². The summed E-state index contributed by atoms with van der Waals surface area (Å²) in [6, 6.07) is 14.4. The number of rotatable bonds is 2. The largest absolute Gasteiger partial charge is 0.369 e. The minimum Gasteiger partial charge on any atom is -0.369 e. The van der Waals surface area contributed by atoms with Crippen molar-refractivity contribution in [2.45, 2.75) is 31.3 Å². The van der Waals surface area contributed by atoms with Crippen molar-refractivity contribution in [1.29, 1.82) is 0 Å². The van der Waals surface area contributed by atoms with E-state index in [0.717, 1.165) is 30.7 Å². The summed E-state index contributed by atoms with van der Waals surface area (Å²) in [6.45, 7) is 0.948. The number of nitrogens with zero attached hydrogens (tertiary/aromatic N) is 3. The summed E-state index contributed by atoms with van der Waals surface area (Å²) in [7, 11) is 0. The fourth-order valence-electron chi connectivity index (χ4n) is 4.23. The van der Waals surface area contributed by atoms with Crippen molar-refractivity contribution in [3.05, 3.63) is 69.2 Å². The molecule has 2 unspecified atom stereocenters. The van der Waals surface area contributed by atoms with Crippen LogP contribution in [0.3, 0.4) is 0 Å². The summed E-state index contributed by atoms with van der Waals surface area (Å²) >= 11 is 13.1. The maximum Gasteiger partial charge on any atom is 0.211 e. The molecule has 140 valence electrons. The zero-order chi connectivity index (χ0) is 19.0. The van der Waals surface area contributed by atoms with Gasteiger partial charge in [0.05, 0.1) is 0 Å². The molecule has 4 rings (SSSR count). The standard InChI is InChI=1S/C20H21Cl2N5/c21-15-6-3-7-16(22)19(15)18-11-13(25-26-20(23)24)10-17-14-5-2-1-4-12(14)8-9-27(17)18/h1-7,17-18H,8-11H2,(H4,23,24,26). The van der Waals surface area contributed by atoms with Gasteiger partial charge in [-0.1, -0.05) is 53.5 Å². The van der Waals surface area contributed by atoms with Crippen LogP contribution in [-0.2, 0) is 6.42 Å². The van der Waals surface area contributed by atoms with Gasteiger partial charge >= 0.3 is 0 Å². The van der Waals surface area contributed by atoms with E-state index in [2.05, 4.69) is 39.4 Å². The molecule has 2 aromatic rings. The molecule has 2 atom stereocenters. The van der Waals surface area contributed by atoms with Gasteiger partial charge in [0.25, 0.3) is 0 Å². The van der Waals surface area contributed by atoms with Gasteiger partial charge in [0.1, 0.15) is 0 Å². The molecule has 0 spiro atoms. The Morgan fingerprint density at radius 1 is 0.963 bits per heavy atom. The van der Waals surface area contributed by atoms with Crippen molar-refractivity contribution >= 4 is 34.9 Å². The van der Waals surface area contributed by atoms with Gasteiger partial charge in [0, 0.05) is 52.8 Å². The summed E-state index contributed by atoms with van der Waals surface area (Å²) in [5, 5.41) is 9.56. The van der Waals surface area contributed by atoms with Crippen LogP contribution in [0, 0.1) is 0 Å². The lowest BCUT2D eigenvalue weighted by atomic mass is 9.81. The lowest BCUT2D eigenvalue weighted by Gasteiger charge is -2.46. The summed E-state index contributed by atoms with van der Waals surface area (Å²) < 4.78 is 0. The Labute approximate surface area is 168 Å². The minimum atomic E-state index is -0.0405. The van der Waals surface area contributed by atoms with Crippen LogP contribution in [0.5, 0.6) is 0 Å². The quantitative estimate of drug-likeness (QED) is 0.452. The molecule has 0 aromatic heterocycles. The van der Waals surface area contributed by atoms with Crippen molar-refractivity contribution in [3.8, 4) is 0 Å². The molecule has 1 fully saturated rings. The van der Waals surface area contributed by atoms with Gasteiger partial charge in [0.15, 0.2) is 0 Å². The highest BCUT2D eigenvalue weighted by molar-refractivity contribution is 6.36. The molecule has 0 radical (unpaired) electrons. The molecule has 2 aliphatic rings. The minimum absolute atomic E-state index is 0.0336. The highest BCUT2D eigenvalue weighted by atomic mass is 35.5. The monoisotopic (exact) mass is 401 g/mol. The van der Waals surface area contributed by atoms with Crippen LogP contribution in [0.4, 0.5) is 0 Å². The van der Waals surface area contributed by atoms with Crippen LogP contribution in [0.2, 0.25) is 10.0 Å². The Morgan fingerprint density at radius 3 is 2.41 bits per heavy atom. The van der Waals surface area contributed by atoms with Gasteiger partial charge < -0.3 is 11.5 Å². The molecule has 5 nitrogen and oxygen atoms in total. The highest BCUT2D eigenvalue weighted by Crippen LogP contribution is 2.47. The van der Waals surface area contributed by atoms with E-state index < -0.39 is 0 Å². The normalized spacial score (nSPS) is 23.6. The maximum atomic E-state index is 6.55. The Bertz CT molecular complexity index is 900. The van der Waals surface area contributed by atoms with Crippen LogP contribution >= 0.6 is 23.2 Å².